The minimum absolute atomic E-state index is 0.183. The Hall–Kier alpha value is -1.30. The molecule has 0 saturated carbocycles. The minimum Gasteiger partial charge on any atom is -0.411 e. The highest BCUT2D eigenvalue weighted by Gasteiger charge is 2.19. The number of hydrogen-bond acceptors (Lipinski definition) is 5. The Bertz CT molecular complexity index is 374. The smallest absolute Gasteiger partial charge is 0.184 e. The van der Waals surface area contributed by atoms with E-state index in [9.17, 15) is 0 Å². The molecule has 0 fully saturated rings. The SMILES string of the molecule is ON=C1CCC=CCCC1Sc1ncn[nH]1. The largest absolute Gasteiger partial charge is 0.411 e. The van der Waals surface area contributed by atoms with E-state index in [0.717, 1.165) is 36.6 Å². The Morgan fingerprint density at radius 3 is 3.06 bits per heavy atom. The van der Waals surface area contributed by atoms with Crippen molar-refractivity contribution in [3.05, 3.63) is 18.5 Å². The lowest BCUT2D eigenvalue weighted by atomic mass is 10.0. The summed E-state index contributed by atoms with van der Waals surface area (Å²) in [5, 5.41) is 20.0. The minimum atomic E-state index is 0.183. The van der Waals surface area contributed by atoms with Crippen LogP contribution in [0.25, 0.3) is 0 Å². The van der Waals surface area contributed by atoms with Gasteiger partial charge >= 0.3 is 0 Å². The molecule has 0 saturated heterocycles. The standard InChI is InChI=1S/C10H14N4OS/c15-14-8-5-3-1-2-4-6-9(8)16-10-11-7-12-13-10/h1-2,7,9,15H,3-6H2,(H,11,12,13). The van der Waals surface area contributed by atoms with Gasteiger partial charge in [-0.1, -0.05) is 29.1 Å². The van der Waals surface area contributed by atoms with Gasteiger partial charge in [-0.05, 0) is 25.7 Å². The third kappa shape index (κ3) is 2.85. The third-order valence-corrected chi connectivity index (χ3v) is 3.69. The number of aromatic amines is 1. The molecular weight excluding hydrogens is 224 g/mol. The second-order valence-electron chi connectivity index (χ2n) is 3.58. The molecular formula is C10H14N4OS. The Balaban J connectivity index is 2.06. The summed E-state index contributed by atoms with van der Waals surface area (Å²) in [6.07, 6.45) is 9.52. The number of hydrogen-bond donors (Lipinski definition) is 2. The van der Waals surface area contributed by atoms with Gasteiger partial charge in [0.1, 0.15) is 6.33 Å². The summed E-state index contributed by atoms with van der Waals surface area (Å²) in [6.45, 7) is 0. The summed E-state index contributed by atoms with van der Waals surface area (Å²) in [7, 11) is 0. The molecule has 1 aromatic heterocycles. The molecule has 2 N–H and O–H groups in total. The molecule has 0 radical (unpaired) electrons. The average Bonchev–Trinajstić information content (AvgIpc) is 2.75. The quantitative estimate of drug-likeness (QED) is 0.470. The van der Waals surface area contributed by atoms with E-state index >= 15 is 0 Å². The first kappa shape index (κ1) is 11.2. The maximum atomic E-state index is 9.01. The summed E-state index contributed by atoms with van der Waals surface area (Å²) in [6, 6.07) is 0. The lowest BCUT2D eigenvalue weighted by Gasteiger charge is -2.16. The van der Waals surface area contributed by atoms with Gasteiger partial charge in [0.25, 0.3) is 0 Å². The van der Waals surface area contributed by atoms with Crippen LogP contribution in [0.15, 0.2) is 28.8 Å². The highest BCUT2D eigenvalue weighted by molar-refractivity contribution is 8.00. The fourth-order valence-corrected chi connectivity index (χ4v) is 2.71. The Morgan fingerprint density at radius 1 is 1.44 bits per heavy atom. The van der Waals surface area contributed by atoms with Crippen LogP contribution in [0.1, 0.15) is 25.7 Å². The maximum absolute atomic E-state index is 9.01. The van der Waals surface area contributed by atoms with E-state index in [1.54, 1.807) is 11.8 Å². The van der Waals surface area contributed by atoms with Crippen LogP contribution in [0.2, 0.25) is 0 Å². The number of aromatic nitrogens is 3. The van der Waals surface area contributed by atoms with E-state index in [1.807, 2.05) is 0 Å². The molecule has 2 rings (SSSR count). The van der Waals surface area contributed by atoms with Gasteiger partial charge in [0.2, 0.25) is 0 Å². The van der Waals surface area contributed by atoms with Crippen molar-refractivity contribution in [2.75, 3.05) is 0 Å². The van der Waals surface area contributed by atoms with Gasteiger partial charge in [-0.3, -0.25) is 5.10 Å². The van der Waals surface area contributed by atoms with Crippen molar-refractivity contribution in [2.24, 2.45) is 5.16 Å². The van der Waals surface area contributed by atoms with Crippen molar-refractivity contribution in [3.8, 4) is 0 Å². The van der Waals surface area contributed by atoms with Crippen LogP contribution >= 0.6 is 11.8 Å². The average molecular weight is 238 g/mol. The van der Waals surface area contributed by atoms with Gasteiger partial charge in [0, 0.05) is 0 Å². The summed E-state index contributed by atoms with van der Waals surface area (Å²) in [5.74, 6) is 0. The molecule has 6 heteroatoms. The van der Waals surface area contributed by atoms with Gasteiger partial charge in [-0.25, -0.2) is 4.98 Å². The van der Waals surface area contributed by atoms with Crippen molar-refractivity contribution >= 4 is 17.5 Å². The van der Waals surface area contributed by atoms with E-state index in [-0.39, 0.29) is 5.25 Å². The fourth-order valence-electron chi connectivity index (χ4n) is 1.67. The molecule has 0 aromatic carbocycles. The number of nitrogens with one attached hydrogen (secondary N) is 1. The topological polar surface area (TPSA) is 74.2 Å². The summed E-state index contributed by atoms with van der Waals surface area (Å²) in [4.78, 5) is 4.07. The van der Waals surface area contributed by atoms with Crippen LogP contribution in [0, 0.1) is 0 Å². The van der Waals surface area contributed by atoms with Crippen LogP contribution < -0.4 is 0 Å². The highest BCUT2D eigenvalue weighted by Crippen LogP contribution is 2.27. The molecule has 0 spiro atoms. The van der Waals surface area contributed by atoms with Gasteiger partial charge in [-0.15, -0.1) is 0 Å². The van der Waals surface area contributed by atoms with Crippen LogP contribution in [-0.4, -0.2) is 31.4 Å². The molecule has 1 heterocycles. The molecule has 0 aliphatic heterocycles. The Kier molecular flexibility index (Phi) is 3.98. The second kappa shape index (κ2) is 5.69. The number of nitrogens with zero attached hydrogens (tertiary/aromatic N) is 3. The number of oxime groups is 1. The van der Waals surface area contributed by atoms with Crippen LogP contribution in [0.4, 0.5) is 0 Å². The predicted molar refractivity (Wildman–Crippen MR) is 62.9 cm³/mol. The molecule has 1 aromatic rings. The fraction of sp³-hybridized carbons (Fsp3) is 0.500. The lowest BCUT2D eigenvalue weighted by Crippen LogP contribution is -2.18. The zero-order valence-electron chi connectivity index (χ0n) is 8.83. The van der Waals surface area contributed by atoms with Crippen molar-refractivity contribution in [2.45, 2.75) is 36.1 Å². The van der Waals surface area contributed by atoms with E-state index in [2.05, 4.69) is 32.5 Å². The Labute approximate surface area is 98.0 Å². The van der Waals surface area contributed by atoms with Crippen LogP contribution in [0.5, 0.6) is 0 Å². The lowest BCUT2D eigenvalue weighted by molar-refractivity contribution is 0.316. The molecule has 16 heavy (non-hydrogen) atoms. The number of rotatable bonds is 2. The van der Waals surface area contributed by atoms with Crippen LogP contribution in [0.3, 0.4) is 0 Å². The van der Waals surface area contributed by atoms with E-state index < -0.39 is 0 Å². The zero-order chi connectivity index (χ0) is 11.2. The van der Waals surface area contributed by atoms with Crippen molar-refractivity contribution < 1.29 is 5.21 Å². The van der Waals surface area contributed by atoms with Crippen molar-refractivity contribution in [3.63, 3.8) is 0 Å². The van der Waals surface area contributed by atoms with E-state index in [1.165, 1.54) is 6.33 Å². The van der Waals surface area contributed by atoms with Crippen molar-refractivity contribution in [1.29, 1.82) is 0 Å². The number of allylic oxidation sites excluding steroid dienone is 2. The normalized spacial score (nSPS) is 24.2. The van der Waals surface area contributed by atoms with Gasteiger partial charge in [-0.2, -0.15) is 5.10 Å². The molecule has 86 valence electrons. The van der Waals surface area contributed by atoms with Gasteiger partial charge in [0.05, 0.1) is 11.0 Å². The van der Waals surface area contributed by atoms with E-state index in [0.29, 0.717) is 0 Å². The van der Waals surface area contributed by atoms with Crippen LogP contribution in [-0.2, 0) is 0 Å². The highest BCUT2D eigenvalue weighted by atomic mass is 32.2. The Morgan fingerprint density at radius 2 is 2.31 bits per heavy atom. The first-order valence-electron chi connectivity index (χ1n) is 5.28. The van der Waals surface area contributed by atoms with Crippen molar-refractivity contribution in [1.82, 2.24) is 15.2 Å². The van der Waals surface area contributed by atoms with Gasteiger partial charge in [0.15, 0.2) is 5.16 Å². The summed E-state index contributed by atoms with van der Waals surface area (Å²) in [5.41, 5.74) is 0.839. The number of thioether (sulfide) groups is 1. The first-order chi connectivity index (χ1) is 7.90. The maximum Gasteiger partial charge on any atom is 0.184 e. The summed E-state index contributed by atoms with van der Waals surface area (Å²) < 4.78 is 0. The second-order valence-corrected chi connectivity index (χ2v) is 4.77. The molecule has 0 bridgehead atoms. The monoisotopic (exact) mass is 238 g/mol. The predicted octanol–water partition coefficient (Wildman–Crippen LogP) is 2.23. The molecule has 1 unspecified atom stereocenters. The molecule has 1 aliphatic rings. The van der Waals surface area contributed by atoms with Gasteiger partial charge < -0.3 is 5.21 Å². The molecule has 0 amide bonds. The molecule has 1 atom stereocenters. The number of H-pyrrole nitrogens is 1. The summed E-state index contributed by atoms with van der Waals surface area (Å²) >= 11 is 1.57. The molecule has 1 aliphatic carbocycles. The first-order valence-corrected chi connectivity index (χ1v) is 6.16. The molecule has 5 nitrogen and oxygen atoms in total. The van der Waals surface area contributed by atoms with E-state index in [4.69, 9.17) is 5.21 Å². The third-order valence-electron chi connectivity index (χ3n) is 2.48. The zero-order valence-corrected chi connectivity index (χ0v) is 9.65.